The van der Waals surface area contributed by atoms with Crippen molar-refractivity contribution in [2.24, 2.45) is 22.2 Å². The van der Waals surface area contributed by atoms with Gasteiger partial charge in [0.05, 0.1) is 10.6 Å². The maximum Gasteiger partial charge on any atom is 0.0688 e. The maximum atomic E-state index is 5.04. The summed E-state index contributed by atoms with van der Waals surface area (Å²) in [6.45, 7) is 4.93. The lowest BCUT2D eigenvalue weighted by Crippen LogP contribution is -2.61. The first-order chi connectivity index (χ1) is 6.61. The fraction of sp³-hybridized carbons (Fsp3) is 0.917. The average Bonchev–Trinajstić information content (AvgIpc) is 2.70. The fourth-order valence-electron chi connectivity index (χ4n) is 4.47. The smallest absolute Gasteiger partial charge is 0.0688 e. The molecule has 0 amide bonds. The Balaban J connectivity index is 1.99. The first kappa shape index (κ1) is 9.26. The Labute approximate surface area is 90.8 Å². The van der Waals surface area contributed by atoms with Crippen LogP contribution in [0.4, 0.5) is 0 Å². The highest BCUT2D eigenvalue weighted by Gasteiger charge is 2.69. The lowest BCUT2D eigenvalue weighted by molar-refractivity contribution is -0.0834. The van der Waals surface area contributed by atoms with Crippen LogP contribution in [-0.2, 0) is 0 Å². The lowest BCUT2D eigenvalue weighted by Gasteiger charge is -2.60. The molecule has 78 valence electrons. The van der Waals surface area contributed by atoms with E-state index in [4.69, 9.17) is 4.99 Å². The van der Waals surface area contributed by atoms with Crippen molar-refractivity contribution in [3.63, 3.8) is 0 Å². The topological polar surface area (TPSA) is 12.4 Å². The van der Waals surface area contributed by atoms with Gasteiger partial charge in [-0.25, -0.2) is 0 Å². The minimum Gasteiger partial charge on any atom is -0.276 e. The van der Waals surface area contributed by atoms with Crippen LogP contribution in [0.5, 0.6) is 0 Å². The van der Waals surface area contributed by atoms with Crippen molar-refractivity contribution in [1.82, 2.24) is 0 Å². The second-order valence-corrected chi connectivity index (χ2v) is 6.60. The monoisotopic (exact) mass is 209 g/mol. The Kier molecular flexibility index (Phi) is 1.70. The van der Waals surface area contributed by atoms with E-state index in [1.165, 1.54) is 30.7 Å². The van der Waals surface area contributed by atoms with Crippen molar-refractivity contribution in [3.8, 4) is 0 Å². The average molecular weight is 209 g/mol. The van der Waals surface area contributed by atoms with E-state index in [1.54, 1.807) is 0 Å². The van der Waals surface area contributed by atoms with Gasteiger partial charge in [-0.05, 0) is 36.3 Å². The molecule has 0 bridgehead atoms. The summed E-state index contributed by atoms with van der Waals surface area (Å²) in [6.07, 6.45) is 7.65. The molecule has 2 heteroatoms. The largest absolute Gasteiger partial charge is 0.276 e. The molecule has 2 saturated carbocycles. The molecular weight excluding hydrogens is 190 g/mol. The van der Waals surface area contributed by atoms with Crippen LogP contribution >= 0.6 is 11.8 Å². The SMILES string of the molecule is CSC1=N[C@]23CCC[C@H]2C(C)(C)[C@H]3C1. The summed E-state index contributed by atoms with van der Waals surface area (Å²) in [5.41, 5.74) is 0.985. The van der Waals surface area contributed by atoms with Crippen LogP contribution in [0, 0.1) is 17.3 Å². The highest BCUT2D eigenvalue weighted by atomic mass is 32.2. The highest BCUT2D eigenvalue weighted by molar-refractivity contribution is 8.13. The van der Waals surface area contributed by atoms with Gasteiger partial charge < -0.3 is 0 Å². The molecule has 1 nitrogen and oxygen atoms in total. The van der Waals surface area contributed by atoms with Crippen LogP contribution in [0.2, 0.25) is 0 Å². The molecule has 0 aromatic rings. The number of aliphatic imine (C=N–C) groups is 1. The summed E-state index contributed by atoms with van der Waals surface area (Å²) in [5.74, 6) is 1.76. The van der Waals surface area contributed by atoms with Crippen LogP contribution in [0.15, 0.2) is 4.99 Å². The Bertz CT molecular complexity index is 307. The van der Waals surface area contributed by atoms with E-state index >= 15 is 0 Å². The van der Waals surface area contributed by atoms with Crippen LogP contribution in [-0.4, -0.2) is 16.8 Å². The van der Waals surface area contributed by atoms with E-state index in [1.807, 2.05) is 11.8 Å². The zero-order chi connectivity index (χ0) is 9.97. The minimum atomic E-state index is 0.418. The minimum absolute atomic E-state index is 0.418. The van der Waals surface area contributed by atoms with Gasteiger partial charge >= 0.3 is 0 Å². The van der Waals surface area contributed by atoms with Gasteiger partial charge in [-0.2, -0.15) is 0 Å². The van der Waals surface area contributed by atoms with Gasteiger partial charge in [0.25, 0.3) is 0 Å². The van der Waals surface area contributed by atoms with E-state index in [9.17, 15) is 0 Å². The molecular formula is C12H19NS. The number of nitrogens with zero attached hydrogens (tertiary/aromatic N) is 1. The fourth-order valence-corrected chi connectivity index (χ4v) is 5.07. The summed E-state index contributed by atoms with van der Waals surface area (Å²) in [6, 6.07) is 0. The van der Waals surface area contributed by atoms with Crippen molar-refractivity contribution >= 4 is 16.8 Å². The van der Waals surface area contributed by atoms with Gasteiger partial charge in [0.1, 0.15) is 0 Å². The predicted octanol–water partition coefficient (Wildman–Crippen LogP) is 3.35. The number of rotatable bonds is 0. The Morgan fingerprint density at radius 2 is 2.14 bits per heavy atom. The zero-order valence-electron chi connectivity index (χ0n) is 9.34. The molecule has 1 aliphatic heterocycles. The van der Waals surface area contributed by atoms with Crippen LogP contribution in [0.3, 0.4) is 0 Å². The summed E-state index contributed by atoms with van der Waals surface area (Å²) >= 11 is 1.87. The molecule has 14 heavy (non-hydrogen) atoms. The number of hydrogen-bond acceptors (Lipinski definition) is 2. The predicted molar refractivity (Wildman–Crippen MR) is 62.9 cm³/mol. The summed E-state index contributed by atoms with van der Waals surface area (Å²) in [4.78, 5) is 5.04. The molecule has 2 aliphatic carbocycles. The molecule has 0 aromatic carbocycles. The first-order valence-corrected chi connectivity index (χ1v) is 6.96. The molecule has 1 spiro atoms. The molecule has 2 fully saturated rings. The van der Waals surface area contributed by atoms with Gasteiger partial charge in [-0.15, -0.1) is 11.8 Å². The van der Waals surface area contributed by atoms with Gasteiger partial charge in [-0.3, -0.25) is 4.99 Å². The lowest BCUT2D eigenvalue weighted by atomic mass is 9.45. The van der Waals surface area contributed by atoms with Crippen molar-refractivity contribution in [2.75, 3.05) is 6.26 Å². The zero-order valence-corrected chi connectivity index (χ0v) is 10.2. The molecule has 3 aliphatic rings. The van der Waals surface area contributed by atoms with Gasteiger partial charge in [-0.1, -0.05) is 20.3 Å². The third-order valence-corrected chi connectivity index (χ3v) is 5.75. The number of hydrogen-bond donors (Lipinski definition) is 0. The van der Waals surface area contributed by atoms with Crippen molar-refractivity contribution in [2.45, 2.75) is 45.1 Å². The van der Waals surface area contributed by atoms with Crippen LogP contribution < -0.4 is 0 Å². The second kappa shape index (κ2) is 2.58. The molecule has 0 aromatic heterocycles. The molecule has 0 N–H and O–H groups in total. The summed E-state index contributed by atoms with van der Waals surface area (Å²) < 4.78 is 0. The van der Waals surface area contributed by atoms with E-state index < -0.39 is 0 Å². The second-order valence-electron chi connectivity index (χ2n) is 5.72. The standard InChI is InChI=1S/C12H19NS/c1-11(2)8-5-4-6-12(8)9(11)7-10(13-12)14-3/h8-9H,4-7H2,1-3H3/t8-,9+,12+/m0/s1. The number of thioether (sulfide) groups is 1. The highest BCUT2D eigenvalue weighted by Crippen LogP contribution is 2.70. The van der Waals surface area contributed by atoms with Crippen LogP contribution in [0.1, 0.15) is 39.5 Å². The molecule has 1 heterocycles. The molecule has 0 radical (unpaired) electrons. The molecule has 3 rings (SSSR count). The van der Waals surface area contributed by atoms with Gasteiger partial charge in [0, 0.05) is 6.42 Å². The van der Waals surface area contributed by atoms with Crippen molar-refractivity contribution in [3.05, 3.63) is 0 Å². The third-order valence-electron chi connectivity index (χ3n) is 5.02. The van der Waals surface area contributed by atoms with E-state index in [0.717, 1.165) is 11.8 Å². The van der Waals surface area contributed by atoms with E-state index in [2.05, 4.69) is 20.1 Å². The van der Waals surface area contributed by atoms with Crippen molar-refractivity contribution < 1.29 is 0 Å². The molecule has 0 saturated heterocycles. The normalized spacial score (nSPS) is 48.1. The maximum absolute atomic E-state index is 5.04. The molecule has 3 atom stereocenters. The van der Waals surface area contributed by atoms with Crippen LogP contribution in [0.25, 0.3) is 0 Å². The van der Waals surface area contributed by atoms with Gasteiger partial charge in [0.2, 0.25) is 0 Å². The Morgan fingerprint density at radius 1 is 1.36 bits per heavy atom. The van der Waals surface area contributed by atoms with E-state index in [-0.39, 0.29) is 0 Å². The first-order valence-electron chi connectivity index (χ1n) is 5.74. The Hall–Kier alpha value is 0.0200. The summed E-state index contributed by atoms with van der Waals surface area (Å²) in [7, 11) is 0. The summed E-state index contributed by atoms with van der Waals surface area (Å²) in [5, 5.41) is 1.42. The van der Waals surface area contributed by atoms with Crippen molar-refractivity contribution in [1.29, 1.82) is 0 Å². The third kappa shape index (κ3) is 0.827. The molecule has 0 unspecified atom stereocenters. The Morgan fingerprint density at radius 3 is 2.86 bits per heavy atom. The van der Waals surface area contributed by atoms with E-state index in [0.29, 0.717) is 11.0 Å². The van der Waals surface area contributed by atoms with Gasteiger partial charge in [0.15, 0.2) is 0 Å². The quantitative estimate of drug-likeness (QED) is 0.596.